The Morgan fingerprint density at radius 3 is 2.74 bits per heavy atom. The number of ether oxygens (including phenoxy) is 1. The van der Waals surface area contributed by atoms with Gasteiger partial charge in [0, 0.05) is 11.8 Å². The van der Waals surface area contributed by atoms with Crippen LogP contribution in [0.25, 0.3) is 11.1 Å². The average molecular weight is 257 g/mol. The molecule has 0 saturated heterocycles. The van der Waals surface area contributed by atoms with Crippen molar-refractivity contribution in [3.8, 4) is 11.1 Å². The maximum atomic E-state index is 14.0. The van der Waals surface area contributed by atoms with E-state index in [1.807, 2.05) is 12.1 Å². The first-order chi connectivity index (χ1) is 9.18. The Labute approximate surface area is 112 Å². The first kappa shape index (κ1) is 12.3. The van der Waals surface area contributed by atoms with Gasteiger partial charge in [-0.15, -0.1) is 0 Å². The van der Waals surface area contributed by atoms with E-state index in [9.17, 15) is 4.39 Å². The minimum Gasteiger partial charge on any atom is -0.372 e. The summed E-state index contributed by atoms with van der Waals surface area (Å²) in [6.07, 6.45) is 2.90. The summed E-state index contributed by atoms with van der Waals surface area (Å²) < 4.78 is 19.5. The largest absolute Gasteiger partial charge is 0.372 e. The van der Waals surface area contributed by atoms with E-state index in [0.717, 1.165) is 5.56 Å². The minimum atomic E-state index is -0.275. The normalized spacial score (nSPS) is 13.9. The van der Waals surface area contributed by atoms with Crippen LogP contribution < -0.4 is 0 Å². The van der Waals surface area contributed by atoms with Crippen LogP contribution in [0, 0.1) is 5.82 Å². The molecular formula is C16H16FNO. The molecule has 0 spiro atoms. The molecule has 2 aromatic rings. The van der Waals surface area contributed by atoms with Crippen LogP contribution in [0.3, 0.4) is 0 Å². The number of pyridine rings is 1. The molecule has 98 valence electrons. The zero-order valence-corrected chi connectivity index (χ0v) is 11.1. The van der Waals surface area contributed by atoms with Crippen LogP contribution in [0.5, 0.6) is 0 Å². The van der Waals surface area contributed by atoms with Crippen LogP contribution in [0.2, 0.25) is 0 Å². The van der Waals surface area contributed by atoms with Crippen molar-refractivity contribution in [2.75, 3.05) is 0 Å². The van der Waals surface area contributed by atoms with Crippen molar-refractivity contribution in [1.29, 1.82) is 0 Å². The zero-order valence-electron chi connectivity index (χ0n) is 11.1. The smallest absolute Gasteiger partial charge is 0.149 e. The van der Waals surface area contributed by atoms with E-state index in [1.54, 1.807) is 12.3 Å². The number of rotatable bonds is 2. The Morgan fingerprint density at radius 2 is 2.00 bits per heavy atom. The lowest BCUT2D eigenvalue weighted by atomic mass is 9.87. The summed E-state index contributed by atoms with van der Waals surface area (Å²) in [6.45, 7) is 5.56. The summed E-state index contributed by atoms with van der Waals surface area (Å²) >= 11 is 0. The molecule has 1 aromatic carbocycles. The number of fused-ring (bicyclic) bond motifs is 1. The third-order valence-electron chi connectivity index (χ3n) is 3.60. The molecule has 1 aliphatic heterocycles. The van der Waals surface area contributed by atoms with Gasteiger partial charge in [0.25, 0.3) is 0 Å². The molecular weight excluding hydrogens is 241 g/mol. The van der Waals surface area contributed by atoms with Crippen LogP contribution in [-0.4, -0.2) is 4.98 Å². The maximum Gasteiger partial charge on any atom is 0.149 e. The van der Waals surface area contributed by atoms with Crippen molar-refractivity contribution in [2.24, 2.45) is 0 Å². The van der Waals surface area contributed by atoms with Crippen molar-refractivity contribution in [3.05, 3.63) is 53.1 Å². The maximum absolute atomic E-state index is 14.0. The lowest BCUT2D eigenvalue weighted by Crippen LogP contribution is -2.01. The van der Waals surface area contributed by atoms with Gasteiger partial charge in [-0.3, -0.25) is 4.98 Å². The van der Waals surface area contributed by atoms with Crippen LogP contribution >= 0.6 is 0 Å². The molecule has 0 aliphatic carbocycles. The molecule has 0 saturated carbocycles. The van der Waals surface area contributed by atoms with Gasteiger partial charge in [-0.2, -0.15) is 0 Å². The number of nitrogens with zero attached hydrogens (tertiary/aromatic N) is 1. The van der Waals surface area contributed by atoms with Gasteiger partial charge < -0.3 is 4.74 Å². The monoisotopic (exact) mass is 257 g/mol. The van der Waals surface area contributed by atoms with Crippen molar-refractivity contribution >= 4 is 0 Å². The summed E-state index contributed by atoms with van der Waals surface area (Å²) in [4.78, 5) is 3.82. The van der Waals surface area contributed by atoms with Gasteiger partial charge in [0.1, 0.15) is 5.82 Å². The van der Waals surface area contributed by atoms with Crippen LogP contribution in [-0.2, 0) is 18.0 Å². The molecule has 2 heterocycles. The average Bonchev–Trinajstić information content (AvgIpc) is 2.86. The van der Waals surface area contributed by atoms with Gasteiger partial charge in [-0.1, -0.05) is 26.0 Å². The summed E-state index contributed by atoms with van der Waals surface area (Å²) in [6, 6.07) is 5.78. The highest BCUT2D eigenvalue weighted by Gasteiger charge is 2.22. The molecule has 0 amide bonds. The summed E-state index contributed by atoms with van der Waals surface area (Å²) in [7, 11) is 0. The van der Waals surface area contributed by atoms with E-state index in [-0.39, 0.29) is 5.82 Å². The summed E-state index contributed by atoms with van der Waals surface area (Å²) in [5, 5.41) is 0. The second kappa shape index (κ2) is 4.74. The molecule has 0 bridgehead atoms. The quantitative estimate of drug-likeness (QED) is 0.810. The Hall–Kier alpha value is -1.74. The van der Waals surface area contributed by atoms with E-state index in [4.69, 9.17) is 4.74 Å². The zero-order chi connectivity index (χ0) is 13.4. The fraction of sp³-hybridized carbons (Fsp3) is 0.312. The lowest BCUT2D eigenvalue weighted by molar-refractivity contribution is 0.134. The van der Waals surface area contributed by atoms with Gasteiger partial charge in [0.2, 0.25) is 0 Å². The first-order valence-electron chi connectivity index (χ1n) is 6.50. The summed E-state index contributed by atoms with van der Waals surface area (Å²) in [5.74, 6) is 0.0579. The standard InChI is InChI=1S/C16H16FNO/c1-10(2)16-13(12-5-6-18-7-15(12)17)4-3-11-8-19-9-14(11)16/h3-7,10H,8-9H2,1-2H3. The molecule has 3 rings (SSSR count). The minimum absolute atomic E-state index is 0.275. The Morgan fingerprint density at radius 1 is 1.16 bits per heavy atom. The van der Waals surface area contributed by atoms with Gasteiger partial charge in [-0.25, -0.2) is 4.39 Å². The number of halogens is 1. The van der Waals surface area contributed by atoms with E-state index in [0.29, 0.717) is 24.7 Å². The molecule has 1 aromatic heterocycles. The van der Waals surface area contributed by atoms with E-state index in [2.05, 4.69) is 18.8 Å². The SMILES string of the molecule is CC(C)c1c(-c2ccncc2F)ccc2c1COC2. The van der Waals surface area contributed by atoms with Crippen LogP contribution in [0.15, 0.2) is 30.6 Å². The van der Waals surface area contributed by atoms with Crippen LogP contribution in [0.1, 0.15) is 36.5 Å². The van der Waals surface area contributed by atoms with Crippen molar-refractivity contribution < 1.29 is 9.13 Å². The molecule has 0 N–H and O–H groups in total. The molecule has 0 unspecified atom stereocenters. The molecule has 2 nitrogen and oxygen atoms in total. The first-order valence-corrected chi connectivity index (χ1v) is 6.50. The van der Waals surface area contributed by atoms with Crippen LogP contribution in [0.4, 0.5) is 4.39 Å². The second-order valence-electron chi connectivity index (χ2n) is 5.17. The molecule has 3 heteroatoms. The predicted molar refractivity (Wildman–Crippen MR) is 72.2 cm³/mol. The highest BCUT2D eigenvalue weighted by Crippen LogP contribution is 2.37. The van der Waals surface area contributed by atoms with E-state index in [1.165, 1.54) is 22.9 Å². The van der Waals surface area contributed by atoms with Gasteiger partial charge in [0.05, 0.1) is 19.4 Å². The third-order valence-corrected chi connectivity index (χ3v) is 3.60. The van der Waals surface area contributed by atoms with E-state index >= 15 is 0 Å². The van der Waals surface area contributed by atoms with E-state index < -0.39 is 0 Å². The van der Waals surface area contributed by atoms with Gasteiger partial charge >= 0.3 is 0 Å². The number of hydrogen-bond acceptors (Lipinski definition) is 2. The second-order valence-corrected chi connectivity index (χ2v) is 5.17. The fourth-order valence-corrected chi connectivity index (χ4v) is 2.77. The Kier molecular flexibility index (Phi) is 3.07. The molecule has 0 atom stereocenters. The Bertz CT molecular complexity index is 622. The summed E-state index contributed by atoms with van der Waals surface area (Å²) in [5.41, 5.74) is 5.22. The number of benzene rings is 1. The lowest BCUT2D eigenvalue weighted by Gasteiger charge is -2.17. The van der Waals surface area contributed by atoms with Crippen molar-refractivity contribution in [1.82, 2.24) is 4.98 Å². The molecule has 0 radical (unpaired) electrons. The molecule has 19 heavy (non-hydrogen) atoms. The Balaban J connectivity index is 2.25. The predicted octanol–water partition coefficient (Wildman–Crippen LogP) is 4.04. The fourth-order valence-electron chi connectivity index (χ4n) is 2.77. The highest BCUT2D eigenvalue weighted by molar-refractivity contribution is 5.71. The highest BCUT2D eigenvalue weighted by atomic mass is 19.1. The number of hydrogen-bond donors (Lipinski definition) is 0. The van der Waals surface area contributed by atoms with Gasteiger partial charge in [0.15, 0.2) is 0 Å². The molecule has 0 fully saturated rings. The topological polar surface area (TPSA) is 22.1 Å². The molecule has 1 aliphatic rings. The van der Waals surface area contributed by atoms with Gasteiger partial charge in [-0.05, 0) is 34.2 Å². The number of aromatic nitrogens is 1. The van der Waals surface area contributed by atoms with Crippen molar-refractivity contribution in [3.63, 3.8) is 0 Å². The van der Waals surface area contributed by atoms with Crippen molar-refractivity contribution in [2.45, 2.75) is 33.0 Å². The third kappa shape index (κ3) is 2.04.